The highest BCUT2D eigenvalue weighted by Crippen LogP contribution is 2.20. The molecular formula is C11H12ClNO4S. The van der Waals surface area contributed by atoms with Crippen LogP contribution in [-0.2, 0) is 14.4 Å². The van der Waals surface area contributed by atoms with Crippen LogP contribution in [0.15, 0.2) is 29.2 Å². The van der Waals surface area contributed by atoms with Gasteiger partial charge in [-0.3, -0.25) is 9.63 Å². The Morgan fingerprint density at radius 3 is 2.61 bits per heavy atom. The molecule has 0 aliphatic rings. The van der Waals surface area contributed by atoms with E-state index in [-0.39, 0.29) is 12.3 Å². The van der Waals surface area contributed by atoms with Gasteiger partial charge < -0.3 is 5.11 Å². The number of nitrogens with one attached hydrogen (secondary N) is 1. The number of halogens is 1. The lowest BCUT2D eigenvalue weighted by Gasteiger charge is -2.04. The highest BCUT2D eigenvalue weighted by Gasteiger charge is 2.03. The second-order valence-corrected chi connectivity index (χ2v) is 4.86. The van der Waals surface area contributed by atoms with Gasteiger partial charge in [0.1, 0.15) is 0 Å². The molecule has 0 aliphatic carbocycles. The number of hydrogen-bond acceptors (Lipinski definition) is 4. The van der Waals surface area contributed by atoms with E-state index in [1.54, 1.807) is 12.1 Å². The van der Waals surface area contributed by atoms with Crippen LogP contribution in [0.3, 0.4) is 0 Å². The Morgan fingerprint density at radius 1 is 1.33 bits per heavy atom. The summed E-state index contributed by atoms with van der Waals surface area (Å²) in [5.74, 6) is -0.910. The van der Waals surface area contributed by atoms with E-state index in [2.05, 4.69) is 10.3 Å². The van der Waals surface area contributed by atoms with Gasteiger partial charge in [-0.25, -0.2) is 10.3 Å². The summed E-state index contributed by atoms with van der Waals surface area (Å²) < 4.78 is 0. The van der Waals surface area contributed by atoms with Crippen molar-refractivity contribution in [1.82, 2.24) is 5.48 Å². The third-order valence-corrected chi connectivity index (χ3v) is 3.06. The van der Waals surface area contributed by atoms with Gasteiger partial charge in [0, 0.05) is 22.1 Å². The first-order valence-electron chi connectivity index (χ1n) is 5.08. The molecule has 0 aliphatic heterocycles. The fourth-order valence-electron chi connectivity index (χ4n) is 1.02. The van der Waals surface area contributed by atoms with Crippen molar-refractivity contribution in [2.24, 2.45) is 0 Å². The van der Waals surface area contributed by atoms with Crippen LogP contribution in [0.1, 0.15) is 6.42 Å². The number of carboxylic acid groups (broad SMARTS) is 1. The number of rotatable bonds is 7. The van der Waals surface area contributed by atoms with Crippen molar-refractivity contribution in [3.8, 4) is 0 Å². The molecule has 7 heteroatoms. The van der Waals surface area contributed by atoms with E-state index in [1.807, 2.05) is 12.1 Å². The number of carboxylic acids is 1. The number of benzene rings is 1. The summed E-state index contributed by atoms with van der Waals surface area (Å²) in [6.07, 6.45) is 0.243. The van der Waals surface area contributed by atoms with E-state index in [9.17, 15) is 9.59 Å². The van der Waals surface area contributed by atoms with Crippen LogP contribution in [-0.4, -0.2) is 29.3 Å². The lowest BCUT2D eigenvalue weighted by molar-refractivity contribution is -0.149. The summed E-state index contributed by atoms with van der Waals surface area (Å²) in [4.78, 5) is 26.8. The van der Waals surface area contributed by atoms with Crippen LogP contribution in [0.2, 0.25) is 5.02 Å². The average Bonchev–Trinajstić information content (AvgIpc) is 2.31. The lowest BCUT2D eigenvalue weighted by atomic mass is 10.4. The first-order chi connectivity index (χ1) is 8.58. The maximum atomic E-state index is 11.2. The van der Waals surface area contributed by atoms with Gasteiger partial charge in [0.2, 0.25) is 5.91 Å². The first-order valence-corrected chi connectivity index (χ1v) is 6.45. The van der Waals surface area contributed by atoms with Crippen LogP contribution in [0.5, 0.6) is 0 Å². The number of carbonyl (C=O) groups is 2. The van der Waals surface area contributed by atoms with Crippen molar-refractivity contribution in [3.63, 3.8) is 0 Å². The smallest absolute Gasteiger partial charge is 0.332 e. The van der Waals surface area contributed by atoms with Gasteiger partial charge in [0.25, 0.3) is 0 Å². The molecule has 0 radical (unpaired) electrons. The largest absolute Gasteiger partial charge is 0.479 e. The van der Waals surface area contributed by atoms with Gasteiger partial charge in [-0.15, -0.1) is 11.8 Å². The molecule has 98 valence electrons. The van der Waals surface area contributed by atoms with Crippen molar-refractivity contribution < 1.29 is 19.5 Å². The topological polar surface area (TPSA) is 75.6 Å². The molecule has 0 bridgehead atoms. The number of amides is 1. The minimum absolute atomic E-state index is 0.243. The predicted molar refractivity (Wildman–Crippen MR) is 68.5 cm³/mol. The maximum Gasteiger partial charge on any atom is 0.332 e. The normalized spacial score (nSPS) is 10.1. The fourth-order valence-corrected chi connectivity index (χ4v) is 2.00. The second-order valence-electron chi connectivity index (χ2n) is 3.26. The Morgan fingerprint density at radius 2 is 2.00 bits per heavy atom. The highest BCUT2D eigenvalue weighted by atomic mass is 35.5. The molecule has 0 saturated heterocycles. The van der Waals surface area contributed by atoms with Crippen molar-refractivity contribution >= 4 is 35.2 Å². The molecule has 0 heterocycles. The van der Waals surface area contributed by atoms with Gasteiger partial charge in [0.15, 0.2) is 6.61 Å². The van der Waals surface area contributed by atoms with Crippen molar-refractivity contribution in [3.05, 3.63) is 29.3 Å². The van der Waals surface area contributed by atoms with Crippen molar-refractivity contribution in [1.29, 1.82) is 0 Å². The van der Waals surface area contributed by atoms with Crippen molar-refractivity contribution in [2.75, 3.05) is 12.4 Å². The van der Waals surface area contributed by atoms with Gasteiger partial charge >= 0.3 is 5.97 Å². The standard InChI is InChI=1S/C11H12ClNO4S/c12-8-1-3-9(4-2-8)18-6-5-10(14)13-17-7-11(15)16/h1-4H,5-7H2,(H,13,14)(H,15,16). The lowest BCUT2D eigenvalue weighted by Crippen LogP contribution is -2.26. The Balaban J connectivity index is 2.15. The highest BCUT2D eigenvalue weighted by molar-refractivity contribution is 7.99. The number of hydroxylamine groups is 1. The monoisotopic (exact) mass is 289 g/mol. The summed E-state index contributed by atoms with van der Waals surface area (Å²) in [6, 6.07) is 7.29. The van der Waals surface area contributed by atoms with E-state index in [0.717, 1.165) is 4.90 Å². The zero-order valence-corrected chi connectivity index (χ0v) is 11.0. The number of aliphatic carboxylic acids is 1. The molecule has 0 atom stereocenters. The van der Waals surface area contributed by atoms with Crippen LogP contribution in [0.4, 0.5) is 0 Å². The minimum Gasteiger partial charge on any atom is -0.479 e. The predicted octanol–water partition coefficient (Wildman–Crippen LogP) is 1.95. The molecule has 2 N–H and O–H groups in total. The van der Waals surface area contributed by atoms with E-state index < -0.39 is 12.6 Å². The summed E-state index contributed by atoms with van der Waals surface area (Å²) in [5, 5.41) is 8.95. The Kier molecular flexibility index (Phi) is 6.56. The van der Waals surface area contributed by atoms with Gasteiger partial charge in [-0.1, -0.05) is 11.6 Å². The van der Waals surface area contributed by atoms with Crippen molar-refractivity contribution in [2.45, 2.75) is 11.3 Å². The molecule has 0 aromatic heterocycles. The number of thioether (sulfide) groups is 1. The van der Waals surface area contributed by atoms with Crippen LogP contribution < -0.4 is 5.48 Å². The van der Waals surface area contributed by atoms with Gasteiger partial charge in [-0.05, 0) is 24.3 Å². The third kappa shape index (κ3) is 6.48. The summed E-state index contributed by atoms with van der Waals surface area (Å²) >= 11 is 7.25. The molecule has 1 aromatic rings. The molecule has 18 heavy (non-hydrogen) atoms. The third-order valence-electron chi connectivity index (χ3n) is 1.79. The number of carbonyl (C=O) groups excluding carboxylic acids is 1. The molecular weight excluding hydrogens is 278 g/mol. The first kappa shape index (κ1) is 14.8. The summed E-state index contributed by atoms with van der Waals surface area (Å²) in [6.45, 7) is -0.546. The molecule has 0 fully saturated rings. The molecule has 0 spiro atoms. The molecule has 1 aromatic carbocycles. The number of hydrogen-bond donors (Lipinski definition) is 2. The molecule has 0 unspecified atom stereocenters. The molecule has 1 amide bonds. The Hall–Kier alpha value is -1.24. The summed E-state index contributed by atoms with van der Waals surface area (Å²) in [7, 11) is 0. The van der Waals surface area contributed by atoms with E-state index in [1.165, 1.54) is 11.8 Å². The Bertz CT molecular complexity index is 410. The van der Waals surface area contributed by atoms with E-state index in [4.69, 9.17) is 16.7 Å². The maximum absolute atomic E-state index is 11.2. The molecule has 5 nitrogen and oxygen atoms in total. The Labute approximate surface area is 113 Å². The SMILES string of the molecule is O=C(O)CONC(=O)CCSc1ccc(Cl)cc1. The molecule has 0 saturated carbocycles. The van der Waals surface area contributed by atoms with Gasteiger partial charge in [0.05, 0.1) is 0 Å². The van der Waals surface area contributed by atoms with Crippen LogP contribution >= 0.6 is 23.4 Å². The zero-order chi connectivity index (χ0) is 13.4. The average molecular weight is 290 g/mol. The molecule has 1 rings (SSSR count). The van der Waals surface area contributed by atoms with E-state index >= 15 is 0 Å². The fraction of sp³-hybridized carbons (Fsp3) is 0.273. The van der Waals surface area contributed by atoms with Crippen LogP contribution in [0.25, 0.3) is 0 Å². The second kappa shape index (κ2) is 7.97. The van der Waals surface area contributed by atoms with Crippen LogP contribution in [0, 0.1) is 0 Å². The van der Waals surface area contributed by atoms with Gasteiger partial charge in [-0.2, -0.15) is 0 Å². The quantitative estimate of drug-likeness (QED) is 0.593. The van der Waals surface area contributed by atoms with E-state index in [0.29, 0.717) is 10.8 Å². The summed E-state index contributed by atoms with van der Waals surface area (Å²) in [5.41, 5.74) is 2.06. The minimum atomic E-state index is -1.13. The zero-order valence-electron chi connectivity index (χ0n) is 9.39.